The Bertz CT molecular complexity index is 1360. The van der Waals surface area contributed by atoms with Crippen molar-refractivity contribution in [2.24, 2.45) is 0 Å². The van der Waals surface area contributed by atoms with E-state index in [2.05, 4.69) is 35.2 Å². The number of hydrogen-bond acceptors (Lipinski definition) is 7. The molecule has 0 aliphatic heterocycles. The Morgan fingerprint density at radius 1 is 0.730 bits per heavy atom. The summed E-state index contributed by atoms with van der Waals surface area (Å²) < 4.78 is 106. The lowest BCUT2D eigenvalue weighted by atomic mass is 10.1. The van der Waals surface area contributed by atoms with E-state index in [9.17, 15) is 35.1 Å². The number of anilines is 2. The van der Waals surface area contributed by atoms with Crippen molar-refractivity contribution in [2.45, 2.75) is 25.2 Å². The van der Waals surface area contributed by atoms with Gasteiger partial charge in [0.05, 0.1) is 0 Å². The van der Waals surface area contributed by atoms with E-state index in [1.165, 1.54) is 12.1 Å². The Kier molecular flexibility index (Phi) is 6.48. The fourth-order valence-corrected chi connectivity index (χ4v) is 2.99. The maximum atomic E-state index is 13.8. The van der Waals surface area contributed by atoms with Crippen molar-refractivity contribution >= 4 is 11.6 Å². The number of nitrogens with one attached hydrogen (secondary N) is 1. The third kappa shape index (κ3) is 6.10. The van der Waals surface area contributed by atoms with E-state index in [-0.39, 0.29) is 22.8 Å². The smallest absolute Gasteiger partial charge is 0.324 e. The maximum absolute atomic E-state index is 13.8. The summed E-state index contributed by atoms with van der Waals surface area (Å²) >= 11 is 0. The molecule has 192 valence electrons. The summed E-state index contributed by atoms with van der Waals surface area (Å²) in [5, 5.41) is 2.51. The third-order valence-electron chi connectivity index (χ3n) is 4.71. The van der Waals surface area contributed by atoms with Gasteiger partial charge in [0.25, 0.3) is 5.92 Å². The van der Waals surface area contributed by atoms with E-state index in [1.807, 2.05) is 0 Å². The van der Waals surface area contributed by atoms with Gasteiger partial charge in [-0.15, -0.1) is 0 Å². The minimum Gasteiger partial charge on any atom is -0.324 e. The normalized spacial score (nSPS) is 12.5. The van der Waals surface area contributed by atoms with Crippen LogP contribution in [0, 0.1) is 0 Å². The molecule has 0 saturated heterocycles. The highest BCUT2D eigenvalue weighted by Gasteiger charge is 2.34. The monoisotopic (exact) mass is 527 g/mol. The molecule has 0 bridgehead atoms. The Morgan fingerprint density at radius 3 is 2.11 bits per heavy atom. The largest absolute Gasteiger partial charge is 0.433 e. The van der Waals surface area contributed by atoms with Crippen molar-refractivity contribution in [1.82, 2.24) is 29.9 Å². The predicted octanol–water partition coefficient (Wildman–Crippen LogP) is 6.28. The summed E-state index contributed by atoms with van der Waals surface area (Å²) in [5.74, 6) is -4.38. The molecule has 0 radical (unpaired) electrons. The van der Waals surface area contributed by atoms with Gasteiger partial charge in [0.1, 0.15) is 17.1 Å². The highest BCUT2D eigenvalue weighted by Crippen LogP contribution is 2.32. The molecule has 15 heteroatoms. The number of halogens is 8. The van der Waals surface area contributed by atoms with Gasteiger partial charge in [0, 0.05) is 42.3 Å². The molecule has 0 aliphatic carbocycles. The molecular formula is C22H13F8N7. The molecule has 0 unspecified atom stereocenters. The van der Waals surface area contributed by atoms with Gasteiger partial charge in [-0.05, 0) is 30.3 Å². The van der Waals surface area contributed by atoms with Crippen LogP contribution in [0.1, 0.15) is 23.9 Å². The second-order valence-electron chi connectivity index (χ2n) is 7.62. The Morgan fingerprint density at radius 2 is 1.43 bits per heavy atom. The van der Waals surface area contributed by atoms with Gasteiger partial charge >= 0.3 is 12.4 Å². The van der Waals surface area contributed by atoms with Crippen molar-refractivity contribution in [3.05, 3.63) is 71.9 Å². The summed E-state index contributed by atoms with van der Waals surface area (Å²) in [5.41, 5.74) is -3.54. The summed E-state index contributed by atoms with van der Waals surface area (Å²) in [7, 11) is 0. The van der Waals surface area contributed by atoms with Crippen LogP contribution >= 0.6 is 0 Å². The van der Waals surface area contributed by atoms with Crippen LogP contribution in [0.25, 0.3) is 22.9 Å². The topological polar surface area (TPSA) is 89.4 Å². The molecule has 0 aromatic carbocycles. The third-order valence-corrected chi connectivity index (χ3v) is 4.71. The highest BCUT2D eigenvalue weighted by atomic mass is 19.4. The van der Waals surface area contributed by atoms with Gasteiger partial charge in [-0.1, -0.05) is 6.07 Å². The highest BCUT2D eigenvalue weighted by molar-refractivity contribution is 5.63. The SMILES string of the molecule is CC(F)(F)c1cncc(-c2nc(Nc3ccnc(C(F)(F)F)c3)nc(-c3cccc(C(F)(F)F)n3)n2)c1. The van der Waals surface area contributed by atoms with E-state index in [4.69, 9.17) is 0 Å². The van der Waals surface area contributed by atoms with Gasteiger partial charge in [-0.3, -0.25) is 9.97 Å². The van der Waals surface area contributed by atoms with Gasteiger partial charge in [0.2, 0.25) is 5.95 Å². The molecule has 0 fully saturated rings. The molecule has 7 nitrogen and oxygen atoms in total. The van der Waals surface area contributed by atoms with E-state index < -0.39 is 47.0 Å². The lowest BCUT2D eigenvalue weighted by Crippen LogP contribution is -2.11. The number of aromatic nitrogens is 6. The Hall–Kier alpha value is -4.30. The minimum absolute atomic E-state index is 0.0524. The van der Waals surface area contributed by atoms with Gasteiger partial charge in [-0.25, -0.2) is 18.7 Å². The number of hydrogen-bond donors (Lipinski definition) is 1. The molecule has 4 aromatic rings. The van der Waals surface area contributed by atoms with Crippen LogP contribution in [0.2, 0.25) is 0 Å². The molecule has 0 saturated carbocycles. The van der Waals surface area contributed by atoms with Crippen LogP contribution in [-0.2, 0) is 18.3 Å². The summed E-state index contributed by atoms with van der Waals surface area (Å²) in [6.45, 7) is 0.633. The first-order chi connectivity index (χ1) is 17.2. The van der Waals surface area contributed by atoms with Gasteiger partial charge in [0.15, 0.2) is 11.6 Å². The fraction of sp³-hybridized carbons (Fsp3) is 0.182. The first kappa shape index (κ1) is 25.8. The zero-order valence-corrected chi connectivity index (χ0v) is 18.4. The fourth-order valence-electron chi connectivity index (χ4n) is 2.99. The number of alkyl halides is 8. The van der Waals surface area contributed by atoms with E-state index >= 15 is 0 Å². The summed E-state index contributed by atoms with van der Waals surface area (Å²) in [4.78, 5) is 22.5. The van der Waals surface area contributed by atoms with Gasteiger partial charge < -0.3 is 5.32 Å². The standard InChI is InChI=1S/C22H13F8N7/c1-20(23,24)12-7-11(9-31-10-12)17-35-18(14-3-2-4-15(34-14)21(25,26)27)37-19(36-17)33-13-5-6-32-16(8-13)22(28,29)30/h2-10H,1H3,(H,32,33,35,36,37). The molecule has 1 N–H and O–H groups in total. The van der Waals surface area contributed by atoms with Crippen molar-refractivity contribution < 1.29 is 35.1 Å². The molecule has 0 aliphatic rings. The quantitative estimate of drug-likeness (QED) is 0.306. The van der Waals surface area contributed by atoms with E-state index in [1.54, 1.807) is 0 Å². The van der Waals surface area contributed by atoms with Crippen LogP contribution in [0.4, 0.5) is 46.8 Å². The van der Waals surface area contributed by atoms with Crippen LogP contribution < -0.4 is 5.32 Å². The molecule has 0 spiro atoms. The molecule has 4 heterocycles. The maximum Gasteiger partial charge on any atom is 0.433 e. The number of nitrogens with zero attached hydrogens (tertiary/aromatic N) is 6. The second-order valence-corrected chi connectivity index (χ2v) is 7.62. The van der Waals surface area contributed by atoms with Crippen LogP contribution in [0.5, 0.6) is 0 Å². The minimum atomic E-state index is -4.79. The Balaban J connectivity index is 1.85. The molecule has 4 rings (SSSR count). The molecular weight excluding hydrogens is 514 g/mol. The van der Waals surface area contributed by atoms with Crippen LogP contribution in [0.15, 0.2) is 55.0 Å². The van der Waals surface area contributed by atoms with Gasteiger partial charge in [-0.2, -0.15) is 36.3 Å². The predicted molar refractivity (Wildman–Crippen MR) is 113 cm³/mol. The average molecular weight is 527 g/mol. The second kappa shape index (κ2) is 9.29. The van der Waals surface area contributed by atoms with Crippen molar-refractivity contribution in [3.8, 4) is 22.9 Å². The molecule has 4 aromatic heterocycles. The molecule has 0 atom stereocenters. The van der Waals surface area contributed by atoms with Crippen molar-refractivity contribution in [2.75, 3.05) is 5.32 Å². The van der Waals surface area contributed by atoms with Crippen LogP contribution in [-0.4, -0.2) is 29.9 Å². The summed E-state index contributed by atoms with van der Waals surface area (Å²) in [6, 6.07) is 5.79. The number of rotatable bonds is 5. The summed E-state index contributed by atoms with van der Waals surface area (Å²) in [6.07, 6.45) is -6.63. The molecule has 0 amide bonds. The first-order valence-corrected chi connectivity index (χ1v) is 10.1. The zero-order chi connectivity index (χ0) is 27.0. The lowest BCUT2D eigenvalue weighted by Gasteiger charge is -2.13. The zero-order valence-electron chi connectivity index (χ0n) is 18.4. The van der Waals surface area contributed by atoms with E-state index in [0.29, 0.717) is 13.0 Å². The average Bonchev–Trinajstić information content (AvgIpc) is 2.83. The Labute approximate surface area is 202 Å². The number of pyridine rings is 3. The van der Waals surface area contributed by atoms with Crippen LogP contribution in [0.3, 0.4) is 0 Å². The van der Waals surface area contributed by atoms with Crippen molar-refractivity contribution in [1.29, 1.82) is 0 Å². The first-order valence-electron chi connectivity index (χ1n) is 10.1. The van der Waals surface area contributed by atoms with Crippen molar-refractivity contribution in [3.63, 3.8) is 0 Å². The van der Waals surface area contributed by atoms with E-state index in [0.717, 1.165) is 36.8 Å². The lowest BCUT2D eigenvalue weighted by molar-refractivity contribution is -0.141. The molecule has 37 heavy (non-hydrogen) atoms.